The monoisotopic (exact) mass is 1550 g/mol. The molecule has 0 saturated carbocycles. The smallest absolute Gasteiger partial charge is 0.322 e. The maximum absolute atomic E-state index is 14.5. The average molecular weight is 1550 g/mol. The molecular weight excluding hydrogens is 1460 g/mol. The molecule has 0 unspecified atom stereocenters. The summed E-state index contributed by atoms with van der Waals surface area (Å²) in [6.07, 6.45) is -1.40. The summed E-state index contributed by atoms with van der Waals surface area (Å²) in [5.74, 6) is -19.1. The largest absolute Gasteiger partial charge is 0.508 e. The molecule has 0 fully saturated rings. The number of thioether (sulfide) groups is 1. The van der Waals surface area contributed by atoms with E-state index >= 15 is 0 Å². The number of carbonyl (C=O) groups is 16. The second-order valence-electron chi connectivity index (χ2n) is 24.6. The zero-order chi connectivity index (χ0) is 79.4. The Morgan fingerprint density at radius 3 is 1.11 bits per heavy atom. The number of aromatic hydroxyl groups is 2. The van der Waals surface area contributed by atoms with Gasteiger partial charge in [-0.2, -0.15) is 37.0 Å². The zero-order valence-corrected chi connectivity index (χ0v) is 61.3. The Kier molecular flexibility index (Phi) is 37.5. The molecule has 35 nitrogen and oxygen atoms in total. The molecule has 580 valence electrons. The highest BCUT2D eigenvalue weighted by atomic mass is 32.2. The highest BCUT2D eigenvalue weighted by molar-refractivity contribution is 7.98. The van der Waals surface area contributed by atoms with E-state index in [-0.39, 0.29) is 55.1 Å². The molecule has 0 aliphatic carbocycles. The van der Waals surface area contributed by atoms with E-state index in [0.717, 1.165) is 0 Å². The summed E-state index contributed by atoms with van der Waals surface area (Å²) in [6, 6.07) is 10.3. The Bertz CT molecular complexity index is 3750. The standard InChI is InChI=1S/C69H90N14O21S3/c1-36(2)58(69(104)72-33-57(92)93)83-66(101)50(30-56(90)91)80-61(96)44(23-24-107-4)76-65(100)48(28-41-17-21-43(85)22-18-41)78-67(102)51(34-105)81-59(94)37(3)73-62(97)47(27-40-15-19-42(84)20-16-40)77-63(98)46(26-39-13-9-6-10-14-39)75-54(87)32-71-60(95)49(29-55(88)89)79-68(103)52(35-106)82-64(99)45(74-53(86)31-70)25-38-11-7-5-8-12-38/h5-22,36-37,44-52,58,84-85,105-106H,23-35,70H2,1-4H3,(H,71,95)(H,72,104)(H,73,97)(H,74,86)(H,75,87)(H,76,100)(H,77,98)(H,78,102)(H,79,103)(H,80,96)(H,81,94)(H,82,99)(H,83,101)(H,88,89)(H,90,91)(H,92,93)/t37-,44-,45-,46-,47-,48-,49-,50-,51-,52-,58-/m0/s1. The van der Waals surface area contributed by atoms with Crippen LogP contribution in [-0.4, -0.2) is 230 Å². The van der Waals surface area contributed by atoms with Crippen LogP contribution in [0.25, 0.3) is 0 Å². The molecular formula is C69H90N14O21S3. The molecule has 0 aliphatic heterocycles. The number of phenols is 2. The minimum Gasteiger partial charge on any atom is -0.508 e. The van der Waals surface area contributed by atoms with Crippen LogP contribution in [0.1, 0.15) is 62.3 Å². The summed E-state index contributed by atoms with van der Waals surface area (Å²) in [7, 11) is 0. The SMILES string of the molecule is CSCC[C@H](NC(=O)[C@H](Cc1ccc(O)cc1)NC(=O)[C@H](CS)NC(=O)[C@H](C)NC(=O)[C@H](Cc1ccc(O)cc1)NC(=O)[C@H](Cc1ccccc1)NC(=O)CNC(=O)[C@H](CC(=O)O)NC(=O)[C@H](CS)NC(=O)[C@H](Cc1ccccc1)NC(=O)CN)C(=O)N[C@@H](CC(=O)O)C(=O)N[C@H](C(=O)NCC(=O)O)C(C)C. The van der Waals surface area contributed by atoms with Crippen molar-refractivity contribution in [3.05, 3.63) is 131 Å². The third-order valence-electron chi connectivity index (χ3n) is 15.8. The molecule has 0 aliphatic rings. The number of rotatable bonds is 45. The maximum atomic E-state index is 14.5. The van der Waals surface area contributed by atoms with Gasteiger partial charge >= 0.3 is 17.9 Å². The molecule has 0 saturated heterocycles. The first-order chi connectivity index (χ1) is 50.7. The third kappa shape index (κ3) is 31.7. The molecule has 38 heteroatoms. The van der Waals surface area contributed by atoms with E-state index < -0.39 is 205 Å². The van der Waals surface area contributed by atoms with Crippen LogP contribution in [0.2, 0.25) is 0 Å². The van der Waals surface area contributed by atoms with Gasteiger partial charge in [-0.25, -0.2) is 0 Å². The minimum atomic E-state index is -1.87. The van der Waals surface area contributed by atoms with Gasteiger partial charge in [-0.1, -0.05) is 98.8 Å². The summed E-state index contributed by atoms with van der Waals surface area (Å²) in [5.41, 5.74) is 7.30. The summed E-state index contributed by atoms with van der Waals surface area (Å²) in [6.45, 7) is 2.05. The van der Waals surface area contributed by atoms with Crippen LogP contribution in [0.15, 0.2) is 109 Å². The van der Waals surface area contributed by atoms with Gasteiger partial charge in [-0.15, -0.1) is 0 Å². The normalized spacial score (nSPS) is 14.0. The third-order valence-corrected chi connectivity index (χ3v) is 17.2. The summed E-state index contributed by atoms with van der Waals surface area (Å²) < 4.78 is 0. The number of amides is 13. The average Bonchev–Trinajstić information content (AvgIpc) is 0.867. The number of carboxylic acids is 3. The van der Waals surface area contributed by atoms with Crippen LogP contribution in [0.3, 0.4) is 0 Å². The molecule has 4 aromatic carbocycles. The number of nitrogens with two attached hydrogens (primary N) is 1. The van der Waals surface area contributed by atoms with Crippen LogP contribution in [0.5, 0.6) is 11.5 Å². The highest BCUT2D eigenvalue weighted by Crippen LogP contribution is 2.16. The highest BCUT2D eigenvalue weighted by Gasteiger charge is 2.37. The quantitative estimate of drug-likeness (QED) is 0.0189. The molecule has 4 aromatic rings. The number of aliphatic carboxylic acids is 3. The summed E-state index contributed by atoms with van der Waals surface area (Å²) in [4.78, 5) is 214. The number of hydrogen-bond donors (Lipinski definition) is 21. The molecule has 11 atom stereocenters. The second-order valence-corrected chi connectivity index (χ2v) is 26.3. The van der Waals surface area contributed by atoms with Crippen molar-refractivity contribution in [1.29, 1.82) is 0 Å². The second kappa shape index (κ2) is 45.4. The minimum absolute atomic E-state index is 0.0256. The van der Waals surface area contributed by atoms with Crippen LogP contribution in [0, 0.1) is 5.92 Å². The predicted octanol–water partition coefficient (Wildman–Crippen LogP) is -3.79. The Labute approximate surface area is 630 Å². The number of nitrogens with one attached hydrogen (secondary N) is 13. The Hall–Kier alpha value is -11.0. The van der Waals surface area contributed by atoms with Crippen molar-refractivity contribution in [3.8, 4) is 11.5 Å². The van der Waals surface area contributed by atoms with Crippen molar-refractivity contribution in [1.82, 2.24) is 69.1 Å². The van der Waals surface area contributed by atoms with Gasteiger partial charge in [0.1, 0.15) is 84.5 Å². The summed E-state index contributed by atoms with van der Waals surface area (Å²) >= 11 is 9.67. The fourth-order valence-electron chi connectivity index (χ4n) is 10.1. The van der Waals surface area contributed by atoms with Crippen LogP contribution >= 0.6 is 37.0 Å². The first-order valence-corrected chi connectivity index (χ1v) is 36.0. The Morgan fingerprint density at radius 1 is 0.374 bits per heavy atom. The van der Waals surface area contributed by atoms with Crippen molar-refractivity contribution < 1.29 is 102 Å². The predicted molar refractivity (Wildman–Crippen MR) is 394 cm³/mol. The molecule has 0 radical (unpaired) electrons. The van der Waals surface area contributed by atoms with Gasteiger partial charge in [-0.3, -0.25) is 76.7 Å². The number of carboxylic acid groups (broad SMARTS) is 3. The van der Waals surface area contributed by atoms with Crippen LogP contribution in [0.4, 0.5) is 0 Å². The van der Waals surface area contributed by atoms with Gasteiger partial charge in [-0.05, 0) is 77.8 Å². The van der Waals surface area contributed by atoms with E-state index in [9.17, 15) is 97.1 Å². The van der Waals surface area contributed by atoms with Crippen molar-refractivity contribution in [3.63, 3.8) is 0 Å². The van der Waals surface area contributed by atoms with E-state index in [4.69, 9.17) is 10.8 Å². The summed E-state index contributed by atoms with van der Waals surface area (Å²) in [5, 5.41) is 80.0. The molecule has 20 N–H and O–H groups in total. The molecule has 13 amide bonds. The Morgan fingerprint density at radius 2 is 0.710 bits per heavy atom. The zero-order valence-electron chi connectivity index (χ0n) is 58.7. The first kappa shape index (κ1) is 88.4. The number of carbonyl (C=O) groups excluding carboxylic acids is 13. The van der Waals surface area contributed by atoms with E-state index in [0.29, 0.717) is 22.3 Å². The van der Waals surface area contributed by atoms with Crippen molar-refractivity contribution in [2.24, 2.45) is 11.7 Å². The van der Waals surface area contributed by atoms with E-state index in [2.05, 4.69) is 94.4 Å². The maximum Gasteiger partial charge on any atom is 0.322 e. The van der Waals surface area contributed by atoms with Gasteiger partial charge in [0.15, 0.2) is 0 Å². The van der Waals surface area contributed by atoms with Gasteiger partial charge in [0.25, 0.3) is 0 Å². The number of thiol groups is 2. The molecule has 4 rings (SSSR count). The van der Waals surface area contributed by atoms with Gasteiger partial charge in [0.05, 0.1) is 25.9 Å². The van der Waals surface area contributed by atoms with Crippen molar-refractivity contribution >= 4 is 132 Å². The number of phenolic OH excluding ortho intramolecular Hbond substituents is 2. The fraction of sp³-hybridized carbons (Fsp3) is 0.420. The molecule has 0 bridgehead atoms. The van der Waals surface area contributed by atoms with Gasteiger partial charge in [0, 0.05) is 37.2 Å². The lowest BCUT2D eigenvalue weighted by molar-refractivity contribution is -0.142. The number of hydrogen-bond acceptors (Lipinski definition) is 22. The van der Waals surface area contributed by atoms with Crippen LogP contribution < -0.4 is 74.9 Å². The molecule has 0 aromatic heterocycles. The van der Waals surface area contributed by atoms with Gasteiger partial charge < -0.3 is 100 Å². The van der Waals surface area contributed by atoms with Crippen molar-refractivity contribution in [2.45, 2.75) is 132 Å². The molecule has 0 spiro atoms. The lowest BCUT2D eigenvalue weighted by Gasteiger charge is -2.28. The van der Waals surface area contributed by atoms with Crippen LogP contribution in [-0.2, 0) is 102 Å². The number of benzene rings is 4. The topological polar surface area (TPSA) is 557 Å². The van der Waals surface area contributed by atoms with E-state index in [1.165, 1.54) is 81.1 Å². The lowest BCUT2D eigenvalue weighted by Crippen LogP contribution is -2.61. The molecule has 0 heterocycles. The van der Waals surface area contributed by atoms with Crippen molar-refractivity contribution in [2.75, 3.05) is 43.1 Å². The first-order valence-electron chi connectivity index (χ1n) is 33.3. The van der Waals surface area contributed by atoms with E-state index in [1.54, 1.807) is 66.9 Å². The van der Waals surface area contributed by atoms with Gasteiger partial charge in [0.2, 0.25) is 76.8 Å². The lowest BCUT2D eigenvalue weighted by atomic mass is 10.0. The Balaban J connectivity index is 1.53. The molecule has 107 heavy (non-hydrogen) atoms. The van der Waals surface area contributed by atoms with E-state index in [1.807, 2.05) is 0 Å². The fourth-order valence-corrected chi connectivity index (χ4v) is 11.1.